The van der Waals surface area contributed by atoms with Crippen LogP contribution in [0, 0.1) is 0 Å². The van der Waals surface area contributed by atoms with E-state index in [0.717, 1.165) is 17.0 Å². The molecule has 0 spiro atoms. The Hall–Kier alpha value is -1.34. The molecule has 1 fully saturated rings. The van der Waals surface area contributed by atoms with Crippen LogP contribution in [0.1, 0.15) is 33.3 Å². The Kier molecular flexibility index (Phi) is 5.77. The molecule has 0 aliphatic carbocycles. The van der Waals surface area contributed by atoms with E-state index in [-0.39, 0.29) is 18.3 Å². The summed E-state index contributed by atoms with van der Waals surface area (Å²) in [5.41, 5.74) is 1.55. The highest BCUT2D eigenvalue weighted by Crippen LogP contribution is 2.36. The van der Waals surface area contributed by atoms with E-state index in [2.05, 4.69) is 52.0 Å². The molecule has 0 atom stereocenters. The molecule has 1 saturated heterocycles. The Bertz CT molecular complexity index is 744. The summed E-state index contributed by atoms with van der Waals surface area (Å²) < 4.78 is 18.3. The molecule has 6 heteroatoms. The summed E-state index contributed by atoms with van der Waals surface area (Å²) in [4.78, 5) is 0. The van der Waals surface area contributed by atoms with Crippen LogP contribution in [-0.4, -0.2) is 22.7 Å². The summed E-state index contributed by atoms with van der Waals surface area (Å²) in [6.07, 6.45) is 0. The normalized spacial score (nSPS) is 17.9. The van der Waals surface area contributed by atoms with Crippen molar-refractivity contribution in [3.8, 4) is 5.75 Å². The molecular weight excluding hydrogens is 363 g/mol. The maximum Gasteiger partial charge on any atom is 0.494 e. The number of thiocarbonyl (C=S) groups is 1. The third-order valence-corrected chi connectivity index (χ3v) is 6.04. The van der Waals surface area contributed by atoms with Crippen LogP contribution in [0.2, 0.25) is 0 Å². The predicted molar refractivity (Wildman–Crippen MR) is 113 cm³/mol. The average Bonchev–Trinajstić information content (AvgIpc) is 2.82. The van der Waals surface area contributed by atoms with Crippen LogP contribution >= 0.6 is 24.0 Å². The van der Waals surface area contributed by atoms with Crippen LogP contribution in [0.25, 0.3) is 0 Å². The standard InChI is InChI=1S/C20H23BO3S2/c1-19(2)20(3,4)24-21(23-19)16-12-10-15(11-13-16)14-26-18(25)22-17-8-6-5-7-9-17/h5-13H,14H2,1-4H3. The molecule has 2 aromatic rings. The Morgan fingerprint density at radius 2 is 1.54 bits per heavy atom. The Labute approximate surface area is 165 Å². The molecule has 3 rings (SSSR count). The van der Waals surface area contributed by atoms with Crippen LogP contribution in [0.5, 0.6) is 5.75 Å². The van der Waals surface area contributed by atoms with Crippen molar-refractivity contribution in [1.29, 1.82) is 0 Å². The lowest BCUT2D eigenvalue weighted by Crippen LogP contribution is -2.41. The zero-order valence-electron chi connectivity index (χ0n) is 15.5. The van der Waals surface area contributed by atoms with E-state index in [9.17, 15) is 0 Å². The fourth-order valence-electron chi connectivity index (χ4n) is 2.51. The smallest absolute Gasteiger partial charge is 0.440 e. The van der Waals surface area contributed by atoms with Crippen molar-refractivity contribution in [2.45, 2.75) is 44.6 Å². The zero-order chi connectivity index (χ0) is 18.8. The van der Waals surface area contributed by atoms with E-state index in [1.165, 1.54) is 17.3 Å². The topological polar surface area (TPSA) is 27.7 Å². The molecule has 2 aromatic carbocycles. The van der Waals surface area contributed by atoms with Crippen LogP contribution in [0.4, 0.5) is 0 Å². The van der Waals surface area contributed by atoms with Gasteiger partial charge in [0.25, 0.3) is 0 Å². The molecule has 0 aromatic heterocycles. The fraction of sp³-hybridized carbons (Fsp3) is 0.350. The largest absolute Gasteiger partial charge is 0.494 e. The van der Waals surface area contributed by atoms with Gasteiger partial charge in [-0.25, -0.2) is 0 Å². The Morgan fingerprint density at radius 3 is 2.12 bits per heavy atom. The second-order valence-corrected chi connectivity index (χ2v) is 8.86. The van der Waals surface area contributed by atoms with E-state index in [0.29, 0.717) is 4.38 Å². The van der Waals surface area contributed by atoms with Gasteiger partial charge >= 0.3 is 7.12 Å². The van der Waals surface area contributed by atoms with Crippen molar-refractivity contribution < 1.29 is 14.0 Å². The lowest BCUT2D eigenvalue weighted by atomic mass is 9.79. The second kappa shape index (κ2) is 7.73. The first kappa shape index (κ1) is 19.4. The number of ether oxygens (including phenoxy) is 1. The van der Waals surface area contributed by atoms with Crippen LogP contribution < -0.4 is 10.2 Å². The van der Waals surface area contributed by atoms with Crippen LogP contribution in [-0.2, 0) is 15.1 Å². The SMILES string of the molecule is CC1(C)OB(c2ccc(CSC(=S)Oc3ccccc3)cc2)OC1(C)C. The van der Waals surface area contributed by atoms with Crippen molar-refractivity contribution >= 4 is 40.9 Å². The minimum absolute atomic E-state index is 0.326. The van der Waals surface area contributed by atoms with Gasteiger partial charge in [0.05, 0.1) is 11.2 Å². The molecule has 1 aliphatic heterocycles. The van der Waals surface area contributed by atoms with Gasteiger partial charge in [0, 0.05) is 5.75 Å². The lowest BCUT2D eigenvalue weighted by Gasteiger charge is -2.32. The van der Waals surface area contributed by atoms with E-state index < -0.39 is 0 Å². The molecule has 1 heterocycles. The van der Waals surface area contributed by atoms with Gasteiger partial charge in [-0.1, -0.05) is 54.2 Å². The van der Waals surface area contributed by atoms with Crippen LogP contribution in [0.15, 0.2) is 54.6 Å². The number of benzene rings is 2. The highest BCUT2D eigenvalue weighted by Gasteiger charge is 2.51. The predicted octanol–water partition coefficient (Wildman–Crippen LogP) is 4.58. The molecular formula is C20H23BO3S2. The first-order chi connectivity index (χ1) is 12.3. The van der Waals surface area contributed by atoms with Crippen molar-refractivity contribution in [1.82, 2.24) is 0 Å². The Morgan fingerprint density at radius 1 is 0.962 bits per heavy atom. The number of thioether (sulfide) groups is 1. The summed E-state index contributed by atoms with van der Waals surface area (Å²) in [5, 5.41) is 0. The summed E-state index contributed by atoms with van der Waals surface area (Å²) in [6, 6.07) is 17.9. The number of hydrogen-bond donors (Lipinski definition) is 0. The van der Waals surface area contributed by atoms with Gasteiger partial charge in [0.15, 0.2) is 0 Å². The summed E-state index contributed by atoms with van der Waals surface area (Å²) in [7, 11) is -0.329. The first-order valence-corrected chi connectivity index (χ1v) is 10.0. The molecule has 26 heavy (non-hydrogen) atoms. The van der Waals surface area contributed by atoms with E-state index in [1.54, 1.807) is 0 Å². The van der Waals surface area contributed by atoms with Gasteiger partial charge in [0.1, 0.15) is 5.75 Å². The molecule has 0 N–H and O–H groups in total. The number of hydrogen-bond acceptors (Lipinski definition) is 5. The minimum atomic E-state index is -0.329. The molecule has 0 bridgehead atoms. The third-order valence-electron chi connectivity index (χ3n) is 4.81. The van der Waals surface area contributed by atoms with Gasteiger partial charge in [-0.3, -0.25) is 0 Å². The second-order valence-electron chi connectivity index (χ2n) is 7.28. The molecule has 1 aliphatic rings. The quantitative estimate of drug-likeness (QED) is 0.566. The van der Waals surface area contributed by atoms with Crippen molar-refractivity contribution in [2.24, 2.45) is 0 Å². The molecule has 0 saturated carbocycles. The third kappa shape index (κ3) is 4.49. The Balaban J connectivity index is 1.54. The summed E-state index contributed by atoms with van der Waals surface area (Å²) in [5.74, 6) is 1.52. The summed E-state index contributed by atoms with van der Waals surface area (Å²) >= 11 is 6.81. The van der Waals surface area contributed by atoms with Gasteiger partial charge in [-0.05, 0) is 63.1 Å². The number of rotatable bonds is 4. The van der Waals surface area contributed by atoms with Gasteiger partial charge in [-0.15, -0.1) is 0 Å². The van der Waals surface area contributed by atoms with Crippen molar-refractivity contribution in [2.75, 3.05) is 0 Å². The highest BCUT2D eigenvalue weighted by molar-refractivity contribution is 8.22. The number of para-hydroxylation sites is 1. The van der Waals surface area contributed by atoms with Gasteiger partial charge < -0.3 is 14.0 Å². The summed E-state index contributed by atoms with van der Waals surface area (Å²) in [6.45, 7) is 8.24. The monoisotopic (exact) mass is 386 g/mol. The van der Waals surface area contributed by atoms with E-state index in [1.807, 2.05) is 30.3 Å². The molecule has 0 unspecified atom stereocenters. The molecule has 3 nitrogen and oxygen atoms in total. The van der Waals surface area contributed by atoms with Crippen LogP contribution in [0.3, 0.4) is 0 Å². The fourth-order valence-corrected chi connectivity index (χ4v) is 3.41. The van der Waals surface area contributed by atoms with E-state index in [4.69, 9.17) is 26.3 Å². The molecule has 136 valence electrons. The van der Waals surface area contributed by atoms with Gasteiger partial charge in [-0.2, -0.15) is 0 Å². The highest BCUT2D eigenvalue weighted by atomic mass is 32.2. The average molecular weight is 386 g/mol. The maximum absolute atomic E-state index is 6.09. The maximum atomic E-state index is 6.09. The van der Waals surface area contributed by atoms with Crippen molar-refractivity contribution in [3.63, 3.8) is 0 Å². The molecule has 0 radical (unpaired) electrons. The van der Waals surface area contributed by atoms with Gasteiger partial charge in [0.2, 0.25) is 4.38 Å². The zero-order valence-corrected chi connectivity index (χ0v) is 17.2. The van der Waals surface area contributed by atoms with Crippen molar-refractivity contribution in [3.05, 3.63) is 60.2 Å². The first-order valence-electron chi connectivity index (χ1n) is 8.61. The minimum Gasteiger partial charge on any atom is -0.440 e. The lowest BCUT2D eigenvalue weighted by molar-refractivity contribution is 0.00578. The molecule has 0 amide bonds. The van der Waals surface area contributed by atoms with E-state index >= 15 is 0 Å².